The van der Waals surface area contributed by atoms with Crippen LogP contribution in [0.1, 0.15) is 17.7 Å². The third kappa shape index (κ3) is 2.61. The number of aryl methyl sites for hydroxylation is 1. The number of nitriles is 1. The van der Waals surface area contributed by atoms with Crippen molar-refractivity contribution in [2.24, 2.45) is 0 Å². The molecule has 2 rings (SSSR count). The average molecular weight is 230 g/mol. The van der Waals surface area contributed by atoms with Crippen molar-refractivity contribution in [2.45, 2.75) is 19.4 Å². The van der Waals surface area contributed by atoms with Gasteiger partial charge in [0.25, 0.3) is 5.69 Å². The van der Waals surface area contributed by atoms with Crippen LogP contribution in [0.5, 0.6) is 0 Å². The van der Waals surface area contributed by atoms with E-state index in [4.69, 9.17) is 9.78 Å². The lowest BCUT2D eigenvalue weighted by molar-refractivity contribution is -0.767. The van der Waals surface area contributed by atoms with Crippen LogP contribution in [-0.4, -0.2) is 5.27 Å². The number of nitrogens with zero attached hydrogens (tertiary/aromatic N) is 2. The summed E-state index contributed by atoms with van der Waals surface area (Å²) in [5, 5.41) is 11.0. The number of hydrogen-bond acceptors (Lipinski definition) is 3. The summed E-state index contributed by atoms with van der Waals surface area (Å²) in [6, 6.07) is 11.7. The number of aromatic amines is 1. The number of benzene rings is 1. The molecule has 0 unspecified atom stereocenters. The van der Waals surface area contributed by atoms with Gasteiger partial charge >= 0.3 is 5.63 Å². The molecule has 5 nitrogen and oxygen atoms in total. The van der Waals surface area contributed by atoms with Crippen molar-refractivity contribution in [3.8, 4) is 6.07 Å². The van der Waals surface area contributed by atoms with E-state index in [2.05, 4.69) is 5.27 Å². The molecular weight excluding hydrogens is 218 g/mol. The topological polar surface area (TPSA) is 73.7 Å². The van der Waals surface area contributed by atoms with Crippen LogP contribution in [0.4, 0.5) is 0 Å². The summed E-state index contributed by atoms with van der Waals surface area (Å²) in [6.45, 7) is 0.435. The molecule has 0 saturated carbocycles. The van der Waals surface area contributed by atoms with E-state index >= 15 is 0 Å². The standard InChI is InChI=1S/C12H11N3O2/c13-7-4-8-15-11(12(16)17-14-15)9-10-5-2-1-3-6-10/h1-3,5-6H,4,8-9H2/p+1. The van der Waals surface area contributed by atoms with Crippen LogP contribution in [0.2, 0.25) is 0 Å². The first-order valence-electron chi connectivity index (χ1n) is 5.32. The minimum atomic E-state index is -0.383. The van der Waals surface area contributed by atoms with E-state index in [1.165, 1.54) is 0 Å². The van der Waals surface area contributed by atoms with E-state index in [1.807, 2.05) is 36.4 Å². The zero-order chi connectivity index (χ0) is 12.1. The predicted octanol–water partition coefficient (Wildman–Crippen LogP) is 0.760. The van der Waals surface area contributed by atoms with Gasteiger partial charge in [0.1, 0.15) is 0 Å². The Balaban J connectivity index is 2.23. The van der Waals surface area contributed by atoms with Gasteiger partial charge in [0.05, 0.1) is 18.9 Å². The molecule has 0 radical (unpaired) electrons. The van der Waals surface area contributed by atoms with E-state index < -0.39 is 0 Å². The Bertz CT molecular complexity index is 578. The molecule has 0 aliphatic rings. The number of H-pyrrole nitrogens is 1. The van der Waals surface area contributed by atoms with E-state index in [-0.39, 0.29) is 5.63 Å². The predicted molar refractivity (Wildman–Crippen MR) is 59.0 cm³/mol. The number of aromatic nitrogens is 2. The van der Waals surface area contributed by atoms with Gasteiger partial charge in [0, 0.05) is 0 Å². The highest BCUT2D eigenvalue weighted by Crippen LogP contribution is 2.02. The monoisotopic (exact) mass is 230 g/mol. The first-order chi connectivity index (χ1) is 8.31. The normalized spacial score (nSPS) is 10.1. The second-order valence-electron chi connectivity index (χ2n) is 3.65. The smallest absolute Gasteiger partial charge is 0.283 e. The Morgan fingerprint density at radius 3 is 2.82 bits per heavy atom. The molecule has 1 aromatic carbocycles. The first kappa shape index (κ1) is 11.1. The Hall–Kier alpha value is -2.35. The molecule has 0 fully saturated rings. The molecule has 1 N–H and O–H groups in total. The van der Waals surface area contributed by atoms with Crippen molar-refractivity contribution in [3.05, 3.63) is 52.0 Å². The van der Waals surface area contributed by atoms with Crippen molar-refractivity contribution in [1.29, 1.82) is 5.26 Å². The molecule has 0 atom stereocenters. The Labute approximate surface area is 97.9 Å². The Morgan fingerprint density at radius 2 is 2.12 bits per heavy atom. The highest BCUT2D eigenvalue weighted by Gasteiger charge is 2.20. The highest BCUT2D eigenvalue weighted by molar-refractivity contribution is 5.18. The van der Waals surface area contributed by atoms with Crippen LogP contribution < -0.4 is 10.3 Å². The van der Waals surface area contributed by atoms with Gasteiger partial charge in [-0.3, -0.25) is 4.52 Å². The molecule has 2 aromatic rings. The molecule has 0 aliphatic carbocycles. The van der Waals surface area contributed by atoms with Gasteiger partial charge in [-0.25, -0.2) is 4.79 Å². The molecule has 0 aliphatic heterocycles. The molecule has 0 bridgehead atoms. The maximum atomic E-state index is 11.5. The van der Waals surface area contributed by atoms with Gasteiger partial charge in [-0.15, -0.1) is 0 Å². The lowest BCUT2D eigenvalue weighted by Crippen LogP contribution is -2.41. The summed E-state index contributed by atoms with van der Waals surface area (Å²) in [4.78, 5) is 11.5. The van der Waals surface area contributed by atoms with E-state index in [9.17, 15) is 4.79 Å². The summed E-state index contributed by atoms with van der Waals surface area (Å²) >= 11 is 0. The van der Waals surface area contributed by atoms with Gasteiger partial charge in [0.2, 0.25) is 0 Å². The van der Waals surface area contributed by atoms with Crippen molar-refractivity contribution in [3.63, 3.8) is 0 Å². The maximum Gasteiger partial charge on any atom is 0.430 e. The largest absolute Gasteiger partial charge is 0.430 e. The lowest BCUT2D eigenvalue weighted by atomic mass is 10.1. The minimum Gasteiger partial charge on any atom is -0.283 e. The van der Waals surface area contributed by atoms with Crippen molar-refractivity contribution < 1.29 is 9.20 Å². The fourth-order valence-corrected chi connectivity index (χ4v) is 1.62. The van der Waals surface area contributed by atoms with Crippen LogP contribution in [0, 0.1) is 11.3 Å². The van der Waals surface area contributed by atoms with Crippen LogP contribution >= 0.6 is 0 Å². The molecule has 0 amide bonds. The van der Waals surface area contributed by atoms with Crippen LogP contribution in [-0.2, 0) is 13.0 Å². The van der Waals surface area contributed by atoms with Crippen molar-refractivity contribution in [1.82, 2.24) is 5.27 Å². The maximum absolute atomic E-state index is 11.5. The lowest BCUT2D eigenvalue weighted by Gasteiger charge is -1.94. The number of rotatable bonds is 4. The average Bonchev–Trinajstić information content (AvgIpc) is 2.70. The van der Waals surface area contributed by atoms with Crippen molar-refractivity contribution in [2.75, 3.05) is 0 Å². The zero-order valence-electron chi connectivity index (χ0n) is 9.22. The first-order valence-corrected chi connectivity index (χ1v) is 5.32. The van der Waals surface area contributed by atoms with Gasteiger partial charge < -0.3 is 0 Å². The van der Waals surface area contributed by atoms with E-state index in [0.717, 1.165) is 5.56 Å². The summed E-state index contributed by atoms with van der Waals surface area (Å²) in [7, 11) is 0. The van der Waals surface area contributed by atoms with Gasteiger partial charge in [0.15, 0.2) is 6.54 Å². The second kappa shape index (κ2) is 5.12. The van der Waals surface area contributed by atoms with E-state index in [0.29, 0.717) is 25.1 Å². The quantitative estimate of drug-likeness (QED) is 0.788. The fraction of sp³-hybridized carbons (Fsp3) is 0.250. The molecule has 17 heavy (non-hydrogen) atoms. The second-order valence-corrected chi connectivity index (χ2v) is 3.65. The Kier molecular flexibility index (Phi) is 3.36. The van der Waals surface area contributed by atoms with Crippen LogP contribution in [0.15, 0.2) is 39.6 Å². The van der Waals surface area contributed by atoms with E-state index in [1.54, 1.807) is 4.68 Å². The molecule has 5 heteroatoms. The highest BCUT2D eigenvalue weighted by atomic mass is 16.5. The molecule has 1 aromatic heterocycles. The number of hydrogen-bond donors (Lipinski definition) is 1. The minimum absolute atomic E-state index is 0.335. The number of nitrogens with one attached hydrogen (secondary N) is 1. The summed E-state index contributed by atoms with van der Waals surface area (Å²) in [6.07, 6.45) is 0.833. The third-order valence-corrected chi connectivity index (χ3v) is 2.47. The summed E-state index contributed by atoms with van der Waals surface area (Å²) in [5.74, 6) is 0. The third-order valence-electron chi connectivity index (χ3n) is 2.47. The van der Waals surface area contributed by atoms with Gasteiger partial charge in [-0.1, -0.05) is 35.0 Å². The Morgan fingerprint density at radius 1 is 1.35 bits per heavy atom. The van der Waals surface area contributed by atoms with Crippen molar-refractivity contribution >= 4 is 0 Å². The summed E-state index contributed by atoms with van der Waals surface area (Å²) in [5.41, 5.74) is 1.18. The molecule has 0 saturated heterocycles. The van der Waals surface area contributed by atoms with Gasteiger partial charge in [-0.05, 0) is 10.8 Å². The molecule has 1 heterocycles. The summed E-state index contributed by atoms with van der Waals surface area (Å²) < 4.78 is 6.32. The van der Waals surface area contributed by atoms with Crippen LogP contribution in [0.25, 0.3) is 0 Å². The molecular formula is C12H12N3O2+. The molecule has 0 spiro atoms. The van der Waals surface area contributed by atoms with Gasteiger partial charge in [-0.2, -0.15) is 5.26 Å². The van der Waals surface area contributed by atoms with Crippen LogP contribution in [0.3, 0.4) is 0 Å². The molecule has 86 valence electrons. The SMILES string of the molecule is N#CCC[n+]1[nH]oc(=O)c1Cc1ccccc1. The fourth-order valence-electron chi connectivity index (χ4n) is 1.62. The zero-order valence-corrected chi connectivity index (χ0v) is 9.22.